The molecule has 2 aromatic rings. The molecule has 11 heteroatoms. The lowest BCUT2D eigenvalue weighted by atomic mass is 9.65. The van der Waals surface area contributed by atoms with Gasteiger partial charge < -0.3 is 24.4 Å². The van der Waals surface area contributed by atoms with Gasteiger partial charge in [0.1, 0.15) is 29.7 Å². The van der Waals surface area contributed by atoms with Gasteiger partial charge in [-0.05, 0) is 44.2 Å². The number of esters is 1. The maximum absolute atomic E-state index is 14.7. The molecule has 1 aromatic heterocycles. The minimum atomic E-state index is -1.21. The number of fused-ring (bicyclic) bond motifs is 2. The second-order valence-electron chi connectivity index (χ2n) is 11.4. The molecule has 3 aliphatic rings. The Kier molecular flexibility index (Phi) is 7.47. The first-order valence-electron chi connectivity index (χ1n) is 14.2. The van der Waals surface area contributed by atoms with Crippen molar-refractivity contribution in [1.82, 2.24) is 24.8 Å². The van der Waals surface area contributed by atoms with Gasteiger partial charge >= 0.3 is 5.97 Å². The summed E-state index contributed by atoms with van der Waals surface area (Å²) in [5.41, 5.74) is -0.631. The summed E-state index contributed by atoms with van der Waals surface area (Å²) in [5.74, 6) is -3.00. The van der Waals surface area contributed by atoms with E-state index >= 15 is 0 Å². The molecule has 4 heterocycles. The number of aliphatic hydroxyl groups is 1. The first-order valence-corrected chi connectivity index (χ1v) is 14.2. The molecule has 3 saturated heterocycles. The van der Waals surface area contributed by atoms with Gasteiger partial charge in [0.15, 0.2) is 0 Å². The summed E-state index contributed by atoms with van der Waals surface area (Å²) < 4.78 is 13.9. The fourth-order valence-corrected chi connectivity index (χ4v) is 7.23. The minimum Gasteiger partial charge on any atom is -0.466 e. The molecule has 3 aliphatic heterocycles. The first-order chi connectivity index (χ1) is 19.2. The smallest absolute Gasteiger partial charge is 0.312 e. The number of ether oxygens (including phenoxy) is 2. The zero-order valence-electron chi connectivity index (χ0n) is 23.7. The van der Waals surface area contributed by atoms with Crippen molar-refractivity contribution in [2.45, 2.75) is 76.9 Å². The molecule has 40 heavy (non-hydrogen) atoms. The monoisotopic (exact) mass is 553 g/mol. The molecule has 0 radical (unpaired) electrons. The Morgan fingerprint density at radius 1 is 1.30 bits per heavy atom. The van der Waals surface area contributed by atoms with Crippen LogP contribution in [0.4, 0.5) is 0 Å². The summed E-state index contributed by atoms with van der Waals surface area (Å²) in [6, 6.07) is 5.80. The highest BCUT2D eigenvalue weighted by Crippen LogP contribution is 2.65. The van der Waals surface area contributed by atoms with E-state index < -0.39 is 41.1 Å². The van der Waals surface area contributed by atoms with Gasteiger partial charge in [0.2, 0.25) is 11.8 Å². The Hall–Kier alpha value is -3.31. The zero-order chi connectivity index (χ0) is 28.8. The van der Waals surface area contributed by atoms with Gasteiger partial charge in [-0.25, -0.2) is 4.68 Å². The predicted octanol–water partition coefficient (Wildman–Crippen LogP) is 2.14. The molecule has 216 valence electrons. The number of likely N-dealkylation sites (tertiary alicyclic amines) is 1. The summed E-state index contributed by atoms with van der Waals surface area (Å²) in [5, 5.41) is 18.9. The second-order valence-corrected chi connectivity index (χ2v) is 11.4. The lowest BCUT2D eigenvalue weighted by Crippen LogP contribution is -2.59. The number of aliphatic hydroxyl groups excluding tert-OH is 1. The van der Waals surface area contributed by atoms with Crippen LogP contribution < -0.4 is 0 Å². The van der Waals surface area contributed by atoms with Gasteiger partial charge in [-0.15, -0.1) is 11.7 Å². The van der Waals surface area contributed by atoms with Crippen LogP contribution in [-0.4, -0.2) is 90.7 Å². The predicted molar refractivity (Wildman–Crippen MR) is 145 cm³/mol. The quantitative estimate of drug-likeness (QED) is 0.331. The number of carbonyl (C=O) groups is 3. The highest BCUT2D eigenvalue weighted by atomic mass is 16.6. The van der Waals surface area contributed by atoms with Gasteiger partial charge in [0, 0.05) is 6.54 Å². The lowest BCUT2D eigenvalue weighted by molar-refractivity contribution is -0.164. The standard InChI is InChI=1S/C29H39N5O6/c1-6-15-32(17-33-20-12-10-9-11-19(20)30-31-33)26(37)24-29-14-13-28(7-2,40-29)23(27(38)39-8-3)22(29)25(36)34(24)21(16-35)18(4)5/h6,9-12,18,21-24,35H,1,7-8,13-17H2,2-5H3/t21-,22-,23-,24?,28+,29?/m0/s1. The number of hydrogen-bond acceptors (Lipinski definition) is 8. The number of nitrogens with zero attached hydrogens (tertiary/aromatic N) is 5. The highest BCUT2D eigenvalue weighted by molar-refractivity contribution is 5.98. The summed E-state index contributed by atoms with van der Waals surface area (Å²) in [6.07, 6.45) is 3.12. The number of hydrogen-bond donors (Lipinski definition) is 1. The van der Waals surface area contributed by atoms with E-state index in [1.807, 2.05) is 45.0 Å². The summed E-state index contributed by atoms with van der Waals surface area (Å²) >= 11 is 0. The molecule has 1 spiro atoms. The largest absolute Gasteiger partial charge is 0.466 e. The lowest BCUT2D eigenvalue weighted by Gasteiger charge is -2.40. The molecular formula is C29H39N5O6. The van der Waals surface area contributed by atoms with E-state index in [1.54, 1.807) is 22.6 Å². The van der Waals surface area contributed by atoms with E-state index in [-0.39, 0.29) is 44.2 Å². The van der Waals surface area contributed by atoms with Crippen molar-refractivity contribution >= 4 is 28.8 Å². The normalized spacial score (nSPS) is 29.7. The first kappa shape index (κ1) is 28.2. The summed E-state index contributed by atoms with van der Waals surface area (Å²) in [4.78, 5) is 45.5. The molecule has 5 rings (SSSR count). The van der Waals surface area contributed by atoms with Crippen LogP contribution in [0.1, 0.15) is 47.0 Å². The SMILES string of the molecule is C=CCN(Cn1nnc2ccccc21)C(=O)C1N([C@@H](CO)C(C)C)C(=O)[C@@H]2[C@@H](C(=O)OCC)[C@@]3(CC)CCC12O3. The molecule has 1 N–H and O–H groups in total. The van der Waals surface area contributed by atoms with Crippen molar-refractivity contribution in [3.8, 4) is 0 Å². The van der Waals surface area contributed by atoms with Crippen LogP contribution in [0.5, 0.6) is 0 Å². The van der Waals surface area contributed by atoms with E-state index in [1.165, 1.54) is 4.90 Å². The van der Waals surface area contributed by atoms with E-state index in [2.05, 4.69) is 16.9 Å². The zero-order valence-corrected chi connectivity index (χ0v) is 23.7. The Bertz CT molecular complexity index is 1310. The van der Waals surface area contributed by atoms with Crippen LogP contribution in [0, 0.1) is 17.8 Å². The number of aromatic nitrogens is 3. The molecule has 6 atom stereocenters. The Morgan fingerprint density at radius 2 is 2.05 bits per heavy atom. The summed E-state index contributed by atoms with van der Waals surface area (Å²) in [6.45, 7) is 11.5. The third-order valence-corrected chi connectivity index (χ3v) is 9.09. The van der Waals surface area contributed by atoms with Crippen LogP contribution >= 0.6 is 0 Å². The van der Waals surface area contributed by atoms with E-state index in [9.17, 15) is 19.5 Å². The van der Waals surface area contributed by atoms with Gasteiger partial charge in [-0.1, -0.05) is 44.2 Å². The highest BCUT2D eigenvalue weighted by Gasteiger charge is 2.79. The van der Waals surface area contributed by atoms with E-state index in [0.29, 0.717) is 24.8 Å². The Morgan fingerprint density at radius 3 is 2.70 bits per heavy atom. The van der Waals surface area contributed by atoms with Crippen LogP contribution in [0.15, 0.2) is 36.9 Å². The molecule has 2 bridgehead atoms. The molecule has 2 amide bonds. The van der Waals surface area contributed by atoms with Gasteiger partial charge in [-0.3, -0.25) is 14.4 Å². The number of rotatable bonds is 11. The molecule has 2 unspecified atom stereocenters. The third kappa shape index (κ3) is 4.04. The molecule has 1 aromatic carbocycles. The average molecular weight is 554 g/mol. The fourth-order valence-electron chi connectivity index (χ4n) is 7.23. The molecule has 0 aliphatic carbocycles. The van der Waals surface area contributed by atoms with Crippen LogP contribution in [0.3, 0.4) is 0 Å². The van der Waals surface area contributed by atoms with Gasteiger partial charge in [0.25, 0.3) is 0 Å². The van der Waals surface area contributed by atoms with Crippen molar-refractivity contribution in [3.63, 3.8) is 0 Å². The third-order valence-electron chi connectivity index (χ3n) is 9.09. The molecule has 11 nitrogen and oxygen atoms in total. The van der Waals surface area contributed by atoms with E-state index in [0.717, 1.165) is 5.52 Å². The van der Waals surface area contributed by atoms with Crippen LogP contribution in [0.2, 0.25) is 0 Å². The molecule has 0 saturated carbocycles. The van der Waals surface area contributed by atoms with Crippen molar-refractivity contribution in [2.24, 2.45) is 17.8 Å². The fraction of sp³-hybridized carbons (Fsp3) is 0.621. The number of amides is 2. The van der Waals surface area contributed by atoms with E-state index in [4.69, 9.17) is 9.47 Å². The number of para-hydroxylation sites is 1. The summed E-state index contributed by atoms with van der Waals surface area (Å²) in [7, 11) is 0. The topological polar surface area (TPSA) is 127 Å². The minimum absolute atomic E-state index is 0.0797. The van der Waals surface area contributed by atoms with Crippen LogP contribution in [0.25, 0.3) is 11.0 Å². The van der Waals surface area contributed by atoms with Crippen LogP contribution in [-0.2, 0) is 30.5 Å². The number of carbonyl (C=O) groups excluding carboxylic acids is 3. The maximum atomic E-state index is 14.7. The maximum Gasteiger partial charge on any atom is 0.312 e. The Labute approximate surface area is 234 Å². The van der Waals surface area contributed by atoms with Crippen molar-refractivity contribution in [2.75, 3.05) is 19.8 Å². The number of benzene rings is 1. The Balaban J connectivity index is 1.60. The second kappa shape index (κ2) is 10.6. The molecule has 3 fully saturated rings. The van der Waals surface area contributed by atoms with Crippen molar-refractivity contribution in [3.05, 3.63) is 36.9 Å². The van der Waals surface area contributed by atoms with Gasteiger partial charge in [-0.2, -0.15) is 0 Å². The van der Waals surface area contributed by atoms with Gasteiger partial charge in [0.05, 0.1) is 36.3 Å². The van der Waals surface area contributed by atoms with Crippen molar-refractivity contribution < 1.29 is 29.0 Å². The molecular weight excluding hydrogens is 514 g/mol. The average Bonchev–Trinajstić information content (AvgIpc) is 3.66. The van der Waals surface area contributed by atoms with Crippen molar-refractivity contribution in [1.29, 1.82) is 0 Å².